The second-order valence-electron chi connectivity index (χ2n) is 6.76. The minimum absolute atomic E-state index is 0.336. The van der Waals surface area contributed by atoms with Gasteiger partial charge in [-0.2, -0.15) is 5.26 Å². The fourth-order valence-corrected chi connectivity index (χ4v) is 4.16. The van der Waals surface area contributed by atoms with E-state index in [0.29, 0.717) is 5.41 Å². The molecule has 0 bridgehead atoms. The molecule has 4 rings (SSSR count). The van der Waals surface area contributed by atoms with Crippen molar-refractivity contribution in [2.24, 2.45) is 0 Å². The first-order valence-electron chi connectivity index (χ1n) is 8.11. The number of hydrogen-bond acceptors (Lipinski definition) is 2. The van der Waals surface area contributed by atoms with Gasteiger partial charge in [-0.1, -0.05) is 31.0 Å². The molecule has 0 saturated heterocycles. The quantitative estimate of drug-likeness (QED) is 0.820. The standard InChI is InChI=1S/C20H20N2/c1-14-4-6-17(16(10-14)12-21)15-5-7-19-18(11-15)20(13-22-19)8-2-3-9-20/h4-7,10-11,22H,2-3,8-9,13H2,1H3. The van der Waals surface area contributed by atoms with E-state index in [2.05, 4.69) is 41.7 Å². The van der Waals surface area contributed by atoms with Gasteiger partial charge in [0.05, 0.1) is 11.6 Å². The summed E-state index contributed by atoms with van der Waals surface area (Å²) in [5.74, 6) is 0. The van der Waals surface area contributed by atoms with Crippen molar-refractivity contribution in [2.75, 3.05) is 11.9 Å². The van der Waals surface area contributed by atoms with Gasteiger partial charge in [-0.3, -0.25) is 0 Å². The number of nitriles is 1. The summed E-state index contributed by atoms with van der Waals surface area (Å²) < 4.78 is 0. The number of nitrogens with zero attached hydrogens (tertiary/aromatic N) is 1. The van der Waals surface area contributed by atoms with Crippen molar-refractivity contribution in [3.8, 4) is 17.2 Å². The highest BCUT2D eigenvalue weighted by Crippen LogP contribution is 2.48. The third kappa shape index (κ3) is 1.93. The average Bonchev–Trinajstić information content (AvgIpc) is 3.16. The van der Waals surface area contributed by atoms with E-state index < -0.39 is 0 Å². The molecule has 1 aliphatic carbocycles. The van der Waals surface area contributed by atoms with Crippen LogP contribution in [0.2, 0.25) is 0 Å². The first kappa shape index (κ1) is 13.4. The predicted molar refractivity (Wildman–Crippen MR) is 90.0 cm³/mol. The Morgan fingerprint density at radius 1 is 1.09 bits per heavy atom. The van der Waals surface area contributed by atoms with Crippen molar-refractivity contribution in [1.29, 1.82) is 5.26 Å². The van der Waals surface area contributed by atoms with Crippen LogP contribution in [0.3, 0.4) is 0 Å². The molecule has 2 heteroatoms. The topological polar surface area (TPSA) is 35.8 Å². The molecular formula is C20H20N2. The molecule has 0 radical (unpaired) electrons. The Morgan fingerprint density at radius 2 is 1.91 bits per heavy atom. The highest BCUT2D eigenvalue weighted by Gasteiger charge is 2.41. The van der Waals surface area contributed by atoms with Crippen LogP contribution in [-0.2, 0) is 5.41 Å². The highest BCUT2D eigenvalue weighted by molar-refractivity contribution is 5.76. The Morgan fingerprint density at radius 3 is 2.68 bits per heavy atom. The van der Waals surface area contributed by atoms with Crippen LogP contribution in [0.1, 0.15) is 42.4 Å². The van der Waals surface area contributed by atoms with Gasteiger partial charge in [-0.15, -0.1) is 0 Å². The highest BCUT2D eigenvalue weighted by atomic mass is 14.9. The van der Waals surface area contributed by atoms with Crippen molar-refractivity contribution in [3.05, 3.63) is 53.1 Å². The zero-order chi connectivity index (χ0) is 15.2. The summed E-state index contributed by atoms with van der Waals surface area (Å²) in [6.45, 7) is 3.11. The Hall–Kier alpha value is -2.27. The Labute approximate surface area is 131 Å². The van der Waals surface area contributed by atoms with Gasteiger partial charge in [0.15, 0.2) is 0 Å². The third-order valence-corrected chi connectivity index (χ3v) is 5.38. The summed E-state index contributed by atoms with van der Waals surface area (Å²) in [7, 11) is 0. The maximum absolute atomic E-state index is 9.44. The number of anilines is 1. The lowest BCUT2D eigenvalue weighted by Crippen LogP contribution is -2.24. The first-order valence-corrected chi connectivity index (χ1v) is 8.11. The number of nitrogens with one attached hydrogen (secondary N) is 1. The average molecular weight is 288 g/mol. The van der Waals surface area contributed by atoms with E-state index in [0.717, 1.165) is 23.2 Å². The molecular weight excluding hydrogens is 268 g/mol. The van der Waals surface area contributed by atoms with Gasteiger partial charge in [0.25, 0.3) is 0 Å². The molecule has 1 fully saturated rings. The van der Waals surface area contributed by atoms with Crippen LogP contribution >= 0.6 is 0 Å². The van der Waals surface area contributed by atoms with E-state index in [1.807, 2.05) is 13.0 Å². The largest absolute Gasteiger partial charge is 0.384 e. The molecule has 2 aliphatic rings. The molecule has 0 unspecified atom stereocenters. The van der Waals surface area contributed by atoms with Gasteiger partial charge in [-0.05, 0) is 60.2 Å². The van der Waals surface area contributed by atoms with E-state index in [-0.39, 0.29) is 0 Å². The van der Waals surface area contributed by atoms with Gasteiger partial charge in [0.2, 0.25) is 0 Å². The number of aryl methyl sites for hydroxylation is 1. The summed E-state index contributed by atoms with van der Waals surface area (Å²) in [5.41, 5.74) is 7.22. The second-order valence-corrected chi connectivity index (χ2v) is 6.76. The lowest BCUT2D eigenvalue weighted by molar-refractivity contribution is 0.489. The smallest absolute Gasteiger partial charge is 0.0998 e. The summed E-state index contributed by atoms with van der Waals surface area (Å²) in [5, 5.41) is 13.0. The van der Waals surface area contributed by atoms with E-state index in [1.165, 1.54) is 42.5 Å². The number of hydrogen-bond donors (Lipinski definition) is 1. The lowest BCUT2D eigenvalue weighted by Gasteiger charge is -2.23. The van der Waals surface area contributed by atoms with E-state index in [4.69, 9.17) is 0 Å². The summed E-state index contributed by atoms with van der Waals surface area (Å²) in [4.78, 5) is 0. The zero-order valence-electron chi connectivity index (χ0n) is 12.9. The Balaban J connectivity index is 1.84. The van der Waals surface area contributed by atoms with Gasteiger partial charge >= 0.3 is 0 Å². The predicted octanol–water partition coefficient (Wildman–Crippen LogP) is 4.77. The minimum atomic E-state index is 0.336. The fraction of sp³-hybridized carbons (Fsp3) is 0.350. The number of benzene rings is 2. The minimum Gasteiger partial charge on any atom is -0.384 e. The van der Waals surface area contributed by atoms with Crippen LogP contribution in [0.25, 0.3) is 11.1 Å². The maximum Gasteiger partial charge on any atom is 0.0998 e. The molecule has 1 saturated carbocycles. The lowest BCUT2D eigenvalue weighted by atomic mass is 9.79. The molecule has 2 aromatic rings. The van der Waals surface area contributed by atoms with Gasteiger partial charge in [-0.25, -0.2) is 0 Å². The van der Waals surface area contributed by atoms with Crippen molar-refractivity contribution >= 4 is 5.69 Å². The molecule has 1 heterocycles. The van der Waals surface area contributed by atoms with Crippen molar-refractivity contribution in [3.63, 3.8) is 0 Å². The second kappa shape index (κ2) is 4.88. The fourth-order valence-electron chi connectivity index (χ4n) is 4.16. The van der Waals surface area contributed by atoms with Crippen LogP contribution in [0.4, 0.5) is 5.69 Å². The molecule has 22 heavy (non-hydrogen) atoms. The molecule has 1 spiro atoms. The van der Waals surface area contributed by atoms with Crippen molar-refractivity contribution in [2.45, 2.75) is 38.0 Å². The first-order chi connectivity index (χ1) is 10.7. The van der Waals surface area contributed by atoms with Crippen LogP contribution < -0.4 is 5.32 Å². The number of rotatable bonds is 1. The molecule has 0 atom stereocenters. The molecule has 110 valence electrons. The van der Waals surface area contributed by atoms with Crippen molar-refractivity contribution in [1.82, 2.24) is 0 Å². The summed E-state index contributed by atoms with van der Waals surface area (Å²) in [6, 6.07) is 15.2. The maximum atomic E-state index is 9.44. The van der Waals surface area contributed by atoms with Crippen molar-refractivity contribution < 1.29 is 0 Å². The van der Waals surface area contributed by atoms with Gasteiger partial charge in [0, 0.05) is 17.6 Å². The molecule has 1 N–H and O–H groups in total. The molecule has 0 aromatic heterocycles. The normalized spacial score (nSPS) is 18.0. The van der Waals surface area contributed by atoms with Crippen LogP contribution in [0.15, 0.2) is 36.4 Å². The third-order valence-electron chi connectivity index (χ3n) is 5.38. The zero-order valence-corrected chi connectivity index (χ0v) is 12.9. The molecule has 0 amide bonds. The van der Waals surface area contributed by atoms with E-state index in [1.54, 1.807) is 0 Å². The van der Waals surface area contributed by atoms with Gasteiger partial charge in [0.1, 0.15) is 0 Å². The Bertz CT molecular complexity index is 777. The SMILES string of the molecule is Cc1ccc(-c2ccc3c(c2)C2(CCCC2)CN3)c(C#N)c1. The van der Waals surface area contributed by atoms with E-state index >= 15 is 0 Å². The van der Waals surface area contributed by atoms with Crippen LogP contribution in [0, 0.1) is 18.3 Å². The summed E-state index contributed by atoms with van der Waals surface area (Å²) >= 11 is 0. The van der Waals surface area contributed by atoms with Crippen LogP contribution in [0.5, 0.6) is 0 Å². The van der Waals surface area contributed by atoms with Crippen LogP contribution in [-0.4, -0.2) is 6.54 Å². The summed E-state index contributed by atoms with van der Waals surface area (Å²) in [6.07, 6.45) is 5.24. The van der Waals surface area contributed by atoms with Gasteiger partial charge < -0.3 is 5.32 Å². The Kier molecular flexibility index (Phi) is 2.97. The molecule has 2 aromatic carbocycles. The monoisotopic (exact) mass is 288 g/mol. The molecule has 2 nitrogen and oxygen atoms in total. The van der Waals surface area contributed by atoms with E-state index in [9.17, 15) is 5.26 Å². The number of fused-ring (bicyclic) bond motifs is 2. The molecule has 1 aliphatic heterocycles.